The smallest absolute Gasteiger partial charge is 0.238 e. The Morgan fingerprint density at radius 2 is 1.35 bits per heavy atom. The van der Waals surface area contributed by atoms with Crippen molar-refractivity contribution < 1.29 is 8.42 Å². The predicted octanol–water partition coefficient (Wildman–Crippen LogP) is 1.58. The molecule has 0 saturated heterocycles. The average Bonchev–Trinajstić information content (AvgIpc) is 2.28. The number of anilines is 1. The maximum atomic E-state index is 11.5. The number of hydrogen-bond acceptors (Lipinski definition) is 3. The lowest BCUT2D eigenvalue weighted by molar-refractivity contribution is 0.598. The summed E-state index contributed by atoms with van der Waals surface area (Å²) < 4.78 is 23.0. The zero-order chi connectivity index (χ0) is 12.5. The average molecular weight is 248 g/mol. The first-order chi connectivity index (χ1) is 8.00. The second kappa shape index (κ2) is 4.20. The second-order valence-corrected chi connectivity index (χ2v) is 5.16. The summed E-state index contributed by atoms with van der Waals surface area (Å²) in [5.41, 5.74) is 7.53. The molecule has 2 rings (SSSR count). The number of hydrogen-bond donors (Lipinski definition) is 2. The van der Waals surface area contributed by atoms with Crippen molar-refractivity contribution >= 4 is 15.7 Å². The van der Waals surface area contributed by atoms with Crippen LogP contribution < -0.4 is 10.9 Å². The van der Waals surface area contributed by atoms with E-state index in [-0.39, 0.29) is 4.90 Å². The van der Waals surface area contributed by atoms with Crippen molar-refractivity contribution in [3.63, 3.8) is 0 Å². The zero-order valence-corrected chi connectivity index (χ0v) is 9.81. The van der Waals surface area contributed by atoms with Crippen LogP contribution in [0.15, 0.2) is 53.4 Å². The quantitative estimate of drug-likeness (QED) is 0.791. The molecular weight excluding hydrogens is 236 g/mol. The van der Waals surface area contributed by atoms with Gasteiger partial charge in [0.05, 0.1) is 4.90 Å². The summed E-state index contributed by atoms with van der Waals surface area (Å²) in [6.07, 6.45) is 0. The van der Waals surface area contributed by atoms with Crippen LogP contribution in [0.5, 0.6) is 0 Å². The molecule has 0 saturated carbocycles. The number of sulfonamides is 1. The van der Waals surface area contributed by atoms with E-state index < -0.39 is 10.0 Å². The molecule has 0 aliphatic carbocycles. The first-order valence-corrected chi connectivity index (χ1v) is 6.51. The van der Waals surface area contributed by atoms with Gasteiger partial charge in [-0.2, -0.15) is 0 Å². The van der Waals surface area contributed by atoms with Gasteiger partial charge in [-0.3, -0.25) is 0 Å². The van der Waals surface area contributed by atoms with Gasteiger partial charge < -0.3 is 5.73 Å². The number of benzene rings is 2. The van der Waals surface area contributed by atoms with Crippen LogP contribution in [0.1, 0.15) is 0 Å². The Hall–Kier alpha value is -1.85. The molecule has 88 valence electrons. The Morgan fingerprint density at radius 3 is 1.94 bits per heavy atom. The van der Waals surface area contributed by atoms with Gasteiger partial charge in [0, 0.05) is 16.8 Å². The van der Waals surface area contributed by atoms with Crippen LogP contribution in [0, 0.1) is 0 Å². The Labute approximate surface area is 99.9 Å². The Kier molecular flexibility index (Phi) is 2.87. The zero-order valence-electron chi connectivity index (χ0n) is 9.00. The van der Waals surface area contributed by atoms with E-state index in [1.165, 1.54) is 6.07 Å². The summed E-state index contributed by atoms with van der Waals surface area (Å²) in [6.45, 7) is 0. The van der Waals surface area contributed by atoms with E-state index in [1.54, 1.807) is 42.5 Å². The van der Waals surface area contributed by atoms with Crippen molar-refractivity contribution in [1.29, 1.82) is 0 Å². The molecule has 0 radical (unpaired) electrons. The fourth-order valence-corrected chi connectivity index (χ4v) is 2.43. The third-order valence-electron chi connectivity index (χ3n) is 2.44. The van der Waals surface area contributed by atoms with Crippen molar-refractivity contribution in [3.8, 4) is 11.1 Å². The van der Waals surface area contributed by atoms with Crippen molar-refractivity contribution in [2.45, 2.75) is 4.90 Å². The molecule has 0 aliphatic heterocycles. The SMILES string of the molecule is Nc1ccccc1-c1ccccc1S(N)(=O)=O. The highest BCUT2D eigenvalue weighted by Crippen LogP contribution is 2.30. The maximum Gasteiger partial charge on any atom is 0.238 e. The van der Waals surface area contributed by atoms with E-state index in [9.17, 15) is 8.42 Å². The molecule has 0 atom stereocenters. The minimum atomic E-state index is -3.75. The van der Waals surface area contributed by atoms with Gasteiger partial charge in [-0.05, 0) is 12.1 Å². The van der Waals surface area contributed by atoms with E-state index in [1.807, 2.05) is 0 Å². The molecule has 4 N–H and O–H groups in total. The van der Waals surface area contributed by atoms with Crippen LogP contribution in [0.3, 0.4) is 0 Å². The molecule has 0 heterocycles. The van der Waals surface area contributed by atoms with E-state index in [0.717, 1.165) is 0 Å². The lowest BCUT2D eigenvalue weighted by atomic mass is 10.0. The van der Waals surface area contributed by atoms with Crippen LogP contribution in [-0.4, -0.2) is 8.42 Å². The highest BCUT2D eigenvalue weighted by molar-refractivity contribution is 7.89. The summed E-state index contributed by atoms with van der Waals surface area (Å²) in [5, 5.41) is 5.18. The predicted molar refractivity (Wildman–Crippen MR) is 67.7 cm³/mol. The molecule has 4 nitrogen and oxygen atoms in total. The summed E-state index contributed by atoms with van der Waals surface area (Å²) in [5.74, 6) is 0. The van der Waals surface area contributed by atoms with Crippen molar-refractivity contribution in [1.82, 2.24) is 0 Å². The summed E-state index contributed by atoms with van der Waals surface area (Å²) in [6, 6.07) is 13.6. The second-order valence-electron chi connectivity index (χ2n) is 3.63. The van der Waals surface area contributed by atoms with Gasteiger partial charge >= 0.3 is 0 Å². The topological polar surface area (TPSA) is 86.2 Å². The van der Waals surface area contributed by atoms with Crippen molar-refractivity contribution in [2.24, 2.45) is 5.14 Å². The number of nitrogen functional groups attached to an aromatic ring is 1. The monoisotopic (exact) mass is 248 g/mol. The van der Waals surface area contributed by atoms with E-state index >= 15 is 0 Å². The molecule has 0 fully saturated rings. The molecule has 17 heavy (non-hydrogen) atoms. The first-order valence-electron chi connectivity index (χ1n) is 4.97. The van der Waals surface area contributed by atoms with Crippen molar-refractivity contribution in [3.05, 3.63) is 48.5 Å². The van der Waals surface area contributed by atoms with E-state index in [2.05, 4.69) is 0 Å². The molecule has 0 aromatic heterocycles. The molecule has 2 aromatic carbocycles. The Morgan fingerprint density at radius 1 is 0.824 bits per heavy atom. The number of rotatable bonds is 2. The molecule has 0 aliphatic rings. The largest absolute Gasteiger partial charge is 0.398 e. The number of para-hydroxylation sites is 1. The van der Waals surface area contributed by atoms with Gasteiger partial charge in [-0.1, -0.05) is 36.4 Å². The summed E-state index contributed by atoms with van der Waals surface area (Å²) >= 11 is 0. The van der Waals surface area contributed by atoms with Crippen LogP contribution >= 0.6 is 0 Å². The number of nitrogens with two attached hydrogens (primary N) is 2. The van der Waals surface area contributed by atoms with Gasteiger partial charge in [0.15, 0.2) is 0 Å². The van der Waals surface area contributed by atoms with E-state index in [4.69, 9.17) is 10.9 Å². The molecule has 0 unspecified atom stereocenters. The molecule has 0 spiro atoms. The minimum Gasteiger partial charge on any atom is -0.398 e. The third kappa shape index (κ3) is 2.30. The van der Waals surface area contributed by atoms with Crippen molar-refractivity contribution in [2.75, 3.05) is 5.73 Å². The molecule has 0 amide bonds. The van der Waals surface area contributed by atoms with Crippen LogP contribution in [0.4, 0.5) is 5.69 Å². The van der Waals surface area contributed by atoms with Crippen LogP contribution in [-0.2, 0) is 10.0 Å². The minimum absolute atomic E-state index is 0.0814. The molecule has 2 aromatic rings. The van der Waals surface area contributed by atoms with Gasteiger partial charge in [0.2, 0.25) is 10.0 Å². The lowest BCUT2D eigenvalue weighted by Gasteiger charge is -2.09. The highest BCUT2D eigenvalue weighted by atomic mass is 32.2. The standard InChI is InChI=1S/C12H12N2O2S/c13-11-7-3-1-5-9(11)10-6-2-4-8-12(10)17(14,15)16/h1-8H,13H2,(H2,14,15,16). The Bertz CT molecular complexity index is 651. The van der Waals surface area contributed by atoms with Crippen LogP contribution in [0.25, 0.3) is 11.1 Å². The fourth-order valence-electron chi connectivity index (χ4n) is 1.68. The first kappa shape index (κ1) is 11.6. The maximum absolute atomic E-state index is 11.5. The molecule has 5 heteroatoms. The van der Waals surface area contributed by atoms with Crippen LogP contribution in [0.2, 0.25) is 0 Å². The number of primary sulfonamides is 1. The fraction of sp³-hybridized carbons (Fsp3) is 0. The lowest BCUT2D eigenvalue weighted by Crippen LogP contribution is -2.13. The Balaban J connectivity index is 2.74. The summed E-state index contributed by atoms with van der Waals surface area (Å²) in [7, 11) is -3.75. The molecule has 0 bridgehead atoms. The summed E-state index contributed by atoms with van der Waals surface area (Å²) in [4.78, 5) is 0.0814. The van der Waals surface area contributed by atoms with Gasteiger partial charge in [-0.25, -0.2) is 13.6 Å². The normalized spacial score (nSPS) is 11.4. The van der Waals surface area contributed by atoms with Gasteiger partial charge in [-0.15, -0.1) is 0 Å². The third-order valence-corrected chi connectivity index (χ3v) is 3.41. The van der Waals surface area contributed by atoms with Gasteiger partial charge in [0.1, 0.15) is 0 Å². The molecular formula is C12H12N2O2S. The highest BCUT2D eigenvalue weighted by Gasteiger charge is 2.15. The van der Waals surface area contributed by atoms with Gasteiger partial charge in [0.25, 0.3) is 0 Å². The van der Waals surface area contributed by atoms with E-state index in [0.29, 0.717) is 16.8 Å².